The summed E-state index contributed by atoms with van der Waals surface area (Å²) in [5, 5.41) is 2.99. The van der Waals surface area contributed by atoms with E-state index in [1.165, 1.54) is 0 Å². The van der Waals surface area contributed by atoms with Crippen LogP contribution in [0, 0.1) is 18.8 Å². The zero-order valence-corrected chi connectivity index (χ0v) is 9.70. The first-order valence-corrected chi connectivity index (χ1v) is 4.86. The van der Waals surface area contributed by atoms with Crippen LogP contribution in [-0.2, 0) is 4.79 Å². The molecule has 0 atom stereocenters. The quantitative estimate of drug-likeness (QED) is 0.608. The number of carbonyl (C=O) groups is 1. The molecule has 0 aliphatic heterocycles. The first-order valence-electron chi connectivity index (χ1n) is 4.11. The van der Waals surface area contributed by atoms with E-state index >= 15 is 0 Å². The van der Waals surface area contributed by atoms with Gasteiger partial charge in [-0.3, -0.25) is 4.79 Å². The molecule has 0 radical (unpaired) electrons. The second-order valence-corrected chi connectivity index (χ2v) is 3.50. The number of nitrogens with one attached hydrogen (secondary N) is 1. The van der Waals surface area contributed by atoms with E-state index in [-0.39, 0.29) is 10.3 Å². The highest BCUT2D eigenvalue weighted by molar-refractivity contribution is 6.35. The number of hydrogen-bond acceptors (Lipinski definition) is 2. The predicted molar refractivity (Wildman–Crippen MR) is 61.1 cm³/mol. The first-order chi connectivity index (χ1) is 7.04. The van der Waals surface area contributed by atoms with Crippen molar-refractivity contribution < 1.29 is 4.79 Å². The Bertz CT molecular complexity index is 437. The van der Waals surface area contributed by atoms with E-state index < -0.39 is 5.91 Å². The minimum Gasteiger partial charge on any atom is -0.312 e. The largest absolute Gasteiger partial charge is 0.312 e. The first kappa shape index (κ1) is 11.8. The highest BCUT2D eigenvalue weighted by Crippen LogP contribution is 2.26. The van der Waals surface area contributed by atoms with Gasteiger partial charge in [0.15, 0.2) is 5.15 Å². The lowest BCUT2D eigenvalue weighted by molar-refractivity contribution is -0.111. The summed E-state index contributed by atoms with van der Waals surface area (Å²) in [7, 11) is 0. The van der Waals surface area contributed by atoms with Crippen LogP contribution in [0.4, 0.5) is 5.69 Å². The number of pyridine rings is 1. The van der Waals surface area contributed by atoms with Crippen molar-refractivity contribution in [3.63, 3.8) is 0 Å². The van der Waals surface area contributed by atoms with Crippen LogP contribution in [-0.4, -0.2) is 10.9 Å². The van der Waals surface area contributed by atoms with Crippen LogP contribution in [0.25, 0.3) is 0 Å². The van der Waals surface area contributed by atoms with E-state index in [1.807, 2.05) is 0 Å². The Morgan fingerprint density at radius 2 is 2.20 bits per heavy atom. The maximum Gasteiger partial charge on any atom is 0.300 e. The Morgan fingerprint density at radius 1 is 1.53 bits per heavy atom. The Kier molecular flexibility index (Phi) is 3.96. The van der Waals surface area contributed by atoms with E-state index in [2.05, 4.69) is 22.1 Å². The average molecular weight is 243 g/mol. The molecule has 5 heteroatoms. The summed E-state index contributed by atoms with van der Waals surface area (Å²) in [4.78, 5) is 15.0. The minimum atomic E-state index is -0.424. The third kappa shape index (κ3) is 3.12. The van der Waals surface area contributed by atoms with Gasteiger partial charge < -0.3 is 5.32 Å². The minimum absolute atomic E-state index is 0.159. The second-order valence-electron chi connectivity index (χ2n) is 2.76. The van der Waals surface area contributed by atoms with E-state index in [9.17, 15) is 4.79 Å². The Morgan fingerprint density at radius 3 is 2.73 bits per heavy atom. The Labute approximate surface area is 97.8 Å². The number of hydrogen-bond donors (Lipinski definition) is 1. The molecule has 0 bridgehead atoms. The van der Waals surface area contributed by atoms with Crippen LogP contribution in [0.3, 0.4) is 0 Å². The van der Waals surface area contributed by atoms with Crippen molar-refractivity contribution in [1.29, 1.82) is 0 Å². The van der Waals surface area contributed by atoms with Crippen LogP contribution in [0.15, 0.2) is 6.07 Å². The molecule has 78 valence electrons. The number of aryl methyl sites for hydroxylation is 1. The molecule has 15 heavy (non-hydrogen) atoms. The van der Waals surface area contributed by atoms with Crippen molar-refractivity contribution in [2.24, 2.45) is 0 Å². The van der Waals surface area contributed by atoms with Gasteiger partial charge in [0.2, 0.25) is 0 Å². The zero-order chi connectivity index (χ0) is 11.4. The standard InChI is InChI=1S/C10H8Cl2N2O/c1-3-4-8(15)14-9-6(2)5-7(11)13-10(9)12/h5H,1-2H3,(H,14,15). The highest BCUT2D eigenvalue weighted by atomic mass is 35.5. The van der Waals surface area contributed by atoms with E-state index in [0.29, 0.717) is 5.69 Å². The normalized spacial score (nSPS) is 9.07. The molecule has 0 aliphatic rings. The van der Waals surface area contributed by atoms with Gasteiger partial charge in [0, 0.05) is 0 Å². The molecule has 0 aromatic carbocycles. The molecule has 0 spiro atoms. The van der Waals surface area contributed by atoms with E-state index in [4.69, 9.17) is 23.2 Å². The molecule has 0 fully saturated rings. The van der Waals surface area contributed by atoms with Gasteiger partial charge in [0.05, 0.1) is 5.69 Å². The molecule has 0 saturated heterocycles. The molecule has 1 heterocycles. The molecular formula is C10H8Cl2N2O. The lowest BCUT2D eigenvalue weighted by Crippen LogP contribution is -2.10. The molecule has 0 unspecified atom stereocenters. The second kappa shape index (κ2) is 5.01. The maximum absolute atomic E-state index is 11.2. The van der Waals surface area contributed by atoms with Gasteiger partial charge in [-0.1, -0.05) is 29.1 Å². The van der Waals surface area contributed by atoms with Crippen molar-refractivity contribution in [3.8, 4) is 11.8 Å². The van der Waals surface area contributed by atoms with Gasteiger partial charge in [-0.2, -0.15) is 0 Å². The van der Waals surface area contributed by atoms with Crippen LogP contribution in [0.1, 0.15) is 12.5 Å². The topological polar surface area (TPSA) is 42.0 Å². The van der Waals surface area contributed by atoms with Gasteiger partial charge in [0.1, 0.15) is 5.15 Å². The average Bonchev–Trinajstić information content (AvgIpc) is 2.11. The number of amides is 1. The van der Waals surface area contributed by atoms with Gasteiger partial charge in [-0.25, -0.2) is 4.98 Å². The fraction of sp³-hybridized carbons (Fsp3) is 0.200. The molecule has 0 saturated carbocycles. The predicted octanol–water partition coefficient (Wildman–Crippen LogP) is 2.66. The molecule has 1 aromatic heterocycles. The van der Waals surface area contributed by atoms with Gasteiger partial charge in [0.25, 0.3) is 5.91 Å². The van der Waals surface area contributed by atoms with E-state index in [1.54, 1.807) is 19.9 Å². The third-order valence-corrected chi connectivity index (χ3v) is 2.09. The van der Waals surface area contributed by atoms with Crippen LogP contribution in [0.2, 0.25) is 10.3 Å². The van der Waals surface area contributed by atoms with Crippen molar-refractivity contribution in [2.45, 2.75) is 13.8 Å². The fourth-order valence-electron chi connectivity index (χ4n) is 1.00. The van der Waals surface area contributed by atoms with Gasteiger partial charge in [-0.05, 0) is 31.4 Å². The van der Waals surface area contributed by atoms with Crippen molar-refractivity contribution in [1.82, 2.24) is 4.98 Å². The summed E-state index contributed by atoms with van der Waals surface area (Å²) in [5.41, 5.74) is 1.18. The monoisotopic (exact) mass is 242 g/mol. The van der Waals surface area contributed by atoms with Gasteiger partial charge >= 0.3 is 0 Å². The zero-order valence-electron chi connectivity index (χ0n) is 8.19. The molecule has 1 rings (SSSR count). The number of rotatable bonds is 1. The molecule has 1 amide bonds. The summed E-state index contributed by atoms with van der Waals surface area (Å²) in [6, 6.07) is 1.61. The number of halogens is 2. The van der Waals surface area contributed by atoms with E-state index in [0.717, 1.165) is 5.56 Å². The van der Waals surface area contributed by atoms with Crippen LogP contribution < -0.4 is 5.32 Å². The van der Waals surface area contributed by atoms with Crippen molar-refractivity contribution in [2.75, 3.05) is 5.32 Å². The van der Waals surface area contributed by atoms with Gasteiger partial charge in [-0.15, -0.1) is 0 Å². The van der Waals surface area contributed by atoms with Crippen LogP contribution in [0.5, 0.6) is 0 Å². The fourth-order valence-corrected chi connectivity index (χ4v) is 1.58. The number of nitrogens with zero attached hydrogens (tertiary/aromatic N) is 1. The molecule has 0 aliphatic carbocycles. The lowest BCUT2D eigenvalue weighted by Gasteiger charge is -2.07. The summed E-state index contributed by atoms with van der Waals surface area (Å²) in [6.07, 6.45) is 0. The number of anilines is 1. The SMILES string of the molecule is CC#CC(=O)Nc1c(C)cc(Cl)nc1Cl. The van der Waals surface area contributed by atoms with Crippen molar-refractivity contribution in [3.05, 3.63) is 21.9 Å². The smallest absolute Gasteiger partial charge is 0.300 e. The van der Waals surface area contributed by atoms with Crippen molar-refractivity contribution >= 4 is 34.8 Å². The lowest BCUT2D eigenvalue weighted by atomic mass is 10.2. The number of aromatic nitrogens is 1. The molecule has 3 nitrogen and oxygen atoms in total. The highest BCUT2D eigenvalue weighted by Gasteiger charge is 2.09. The number of carbonyl (C=O) groups excluding carboxylic acids is 1. The summed E-state index contributed by atoms with van der Waals surface area (Å²) in [6.45, 7) is 3.35. The molecule has 1 N–H and O–H groups in total. The molecule has 1 aromatic rings. The van der Waals surface area contributed by atoms with Crippen LogP contribution >= 0.6 is 23.2 Å². The maximum atomic E-state index is 11.2. The third-order valence-electron chi connectivity index (χ3n) is 1.62. The summed E-state index contributed by atoms with van der Waals surface area (Å²) >= 11 is 11.5. The Balaban J connectivity index is 3.03. The summed E-state index contributed by atoms with van der Waals surface area (Å²) in [5.74, 6) is 4.41. The Hall–Kier alpha value is -1.24. The molecular weight excluding hydrogens is 235 g/mol. The summed E-state index contributed by atoms with van der Waals surface area (Å²) < 4.78 is 0.